The first kappa shape index (κ1) is 26.4. The number of amidine groups is 1. The van der Waals surface area contributed by atoms with Gasteiger partial charge in [-0.2, -0.15) is 0 Å². The molecule has 1 unspecified atom stereocenters. The first-order valence-electron chi connectivity index (χ1n) is 12.7. The average molecular weight is 544 g/mol. The van der Waals surface area contributed by atoms with Crippen LogP contribution in [0.1, 0.15) is 43.2 Å². The van der Waals surface area contributed by atoms with Gasteiger partial charge in [0.1, 0.15) is 18.1 Å². The molecule has 3 aromatic rings. The molecular formula is C30H29N3O5S. The largest absolute Gasteiger partial charge is 0.489 e. The summed E-state index contributed by atoms with van der Waals surface area (Å²) >= 11 is 1.43. The molecule has 2 aliphatic heterocycles. The van der Waals surface area contributed by atoms with E-state index in [4.69, 9.17) is 18.9 Å². The lowest BCUT2D eigenvalue weighted by Crippen LogP contribution is -2.38. The van der Waals surface area contributed by atoms with Gasteiger partial charge in [-0.25, -0.2) is 9.79 Å². The van der Waals surface area contributed by atoms with Gasteiger partial charge in [-0.05, 0) is 54.6 Å². The van der Waals surface area contributed by atoms with Crippen molar-refractivity contribution in [3.8, 4) is 5.75 Å². The fraction of sp³-hybridized carbons (Fsp3) is 0.233. The lowest BCUT2D eigenvalue weighted by Gasteiger charge is -2.36. The molecule has 0 spiro atoms. The number of allylic oxidation sites excluding steroid dienone is 1. The van der Waals surface area contributed by atoms with E-state index in [0.29, 0.717) is 41.1 Å². The monoisotopic (exact) mass is 543 g/mol. The third kappa shape index (κ3) is 6.09. The van der Waals surface area contributed by atoms with Gasteiger partial charge in [0, 0.05) is 5.70 Å². The van der Waals surface area contributed by atoms with E-state index >= 15 is 0 Å². The van der Waals surface area contributed by atoms with Crippen LogP contribution >= 0.6 is 11.8 Å². The molecule has 0 bridgehead atoms. The van der Waals surface area contributed by atoms with E-state index in [0.717, 1.165) is 16.8 Å². The number of aliphatic imine (C=N–C) groups is 1. The molecule has 0 saturated heterocycles. The number of furan rings is 1. The van der Waals surface area contributed by atoms with Gasteiger partial charge in [0.25, 0.3) is 0 Å². The number of thioether (sulfide) groups is 1. The molecule has 2 aliphatic rings. The summed E-state index contributed by atoms with van der Waals surface area (Å²) < 4.78 is 16.9. The van der Waals surface area contributed by atoms with Crippen LogP contribution in [0.2, 0.25) is 0 Å². The molecule has 200 valence electrons. The zero-order chi connectivity index (χ0) is 27.2. The first-order valence-corrected chi connectivity index (χ1v) is 13.6. The van der Waals surface area contributed by atoms with Gasteiger partial charge in [0.15, 0.2) is 5.17 Å². The second kappa shape index (κ2) is 12.1. The Bertz CT molecular complexity index is 1430. The molecule has 0 saturated carbocycles. The highest BCUT2D eigenvalue weighted by atomic mass is 32.2. The smallest absolute Gasteiger partial charge is 0.338 e. The van der Waals surface area contributed by atoms with E-state index in [2.05, 4.69) is 5.32 Å². The number of hydrogen-bond donors (Lipinski definition) is 1. The normalized spacial score (nSPS) is 16.4. The quantitative estimate of drug-likeness (QED) is 0.328. The maximum absolute atomic E-state index is 13.2. The molecule has 1 amide bonds. The Morgan fingerprint density at radius 3 is 2.72 bits per heavy atom. The Kier molecular flexibility index (Phi) is 8.17. The van der Waals surface area contributed by atoms with Crippen LogP contribution in [0.25, 0.3) is 0 Å². The third-order valence-electron chi connectivity index (χ3n) is 6.30. The van der Waals surface area contributed by atoms with Crippen molar-refractivity contribution in [2.75, 3.05) is 6.61 Å². The van der Waals surface area contributed by atoms with E-state index in [1.807, 2.05) is 77.9 Å². The number of ether oxygens (including phenoxy) is 2. The Morgan fingerprint density at radius 1 is 1.10 bits per heavy atom. The molecule has 3 heterocycles. The first-order chi connectivity index (χ1) is 19.0. The predicted molar refractivity (Wildman–Crippen MR) is 149 cm³/mol. The number of carbonyl (C=O) groups excluding carboxylic acids is 2. The van der Waals surface area contributed by atoms with Crippen molar-refractivity contribution < 1.29 is 23.5 Å². The zero-order valence-corrected chi connectivity index (χ0v) is 22.6. The van der Waals surface area contributed by atoms with Crippen molar-refractivity contribution >= 4 is 28.8 Å². The second-order valence-electron chi connectivity index (χ2n) is 8.99. The summed E-state index contributed by atoms with van der Waals surface area (Å²) in [5, 5.41) is 5.51. The number of esters is 1. The molecule has 1 aromatic heterocycles. The van der Waals surface area contributed by atoms with Crippen molar-refractivity contribution in [1.29, 1.82) is 0 Å². The molecule has 9 heteroatoms. The summed E-state index contributed by atoms with van der Waals surface area (Å²) in [7, 11) is 0. The number of hydrogen-bond acceptors (Lipinski definition) is 8. The molecule has 1 atom stereocenters. The van der Waals surface area contributed by atoms with E-state index in [1.165, 1.54) is 11.8 Å². The highest BCUT2D eigenvalue weighted by molar-refractivity contribution is 8.16. The topological polar surface area (TPSA) is 93.4 Å². The lowest BCUT2D eigenvalue weighted by atomic mass is 9.93. The van der Waals surface area contributed by atoms with Crippen LogP contribution in [0.5, 0.6) is 5.75 Å². The SMILES string of the molecule is CCOC(=O)C1=C(C)N=C2SC=C(CC(=O)NCc3ccco3)N2C1c1cccc(OCc2ccccc2)c1. The minimum Gasteiger partial charge on any atom is -0.489 e. The van der Waals surface area contributed by atoms with Gasteiger partial charge < -0.3 is 24.1 Å². The molecule has 2 aromatic carbocycles. The number of amides is 1. The van der Waals surface area contributed by atoms with E-state index in [1.54, 1.807) is 19.3 Å². The summed E-state index contributed by atoms with van der Waals surface area (Å²) in [4.78, 5) is 32.7. The minimum atomic E-state index is -0.532. The van der Waals surface area contributed by atoms with Crippen LogP contribution in [0, 0.1) is 0 Å². The van der Waals surface area contributed by atoms with Gasteiger partial charge in [-0.15, -0.1) is 0 Å². The number of fused-ring (bicyclic) bond motifs is 1. The van der Waals surface area contributed by atoms with Crippen molar-refractivity contribution in [2.45, 2.75) is 39.5 Å². The average Bonchev–Trinajstić information content (AvgIpc) is 3.61. The molecular weight excluding hydrogens is 514 g/mol. The molecule has 1 N–H and O–H groups in total. The molecule has 0 aliphatic carbocycles. The van der Waals surface area contributed by atoms with Crippen LogP contribution in [-0.2, 0) is 27.5 Å². The Labute approximate surface area is 231 Å². The fourth-order valence-electron chi connectivity index (χ4n) is 4.50. The minimum absolute atomic E-state index is 0.114. The second-order valence-corrected chi connectivity index (χ2v) is 9.83. The maximum atomic E-state index is 13.2. The van der Waals surface area contributed by atoms with Crippen molar-refractivity contribution in [3.05, 3.63) is 112 Å². The van der Waals surface area contributed by atoms with Crippen molar-refractivity contribution in [1.82, 2.24) is 10.2 Å². The summed E-state index contributed by atoms with van der Waals surface area (Å²) in [5.41, 5.74) is 3.65. The van der Waals surface area contributed by atoms with Crippen LogP contribution < -0.4 is 10.1 Å². The molecule has 5 rings (SSSR count). The Balaban J connectivity index is 1.42. The van der Waals surface area contributed by atoms with E-state index in [9.17, 15) is 9.59 Å². The van der Waals surface area contributed by atoms with E-state index < -0.39 is 12.0 Å². The molecule has 0 radical (unpaired) electrons. The summed E-state index contributed by atoms with van der Waals surface area (Å²) in [5.74, 6) is 0.751. The van der Waals surface area contributed by atoms with Crippen LogP contribution in [0.4, 0.5) is 0 Å². The molecule has 8 nitrogen and oxygen atoms in total. The van der Waals surface area contributed by atoms with Crippen molar-refractivity contribution in [2.24, 2.45) is 4.99 Å². The number of carbonyl (C=O) groups is 2. The van der Waals surface area contributed by atoms with Gasteiger partial charge >= 0.3 is 5.97 Å². The standard InChI is InChI=1S/C30H29N3O5S/c1-3-36-29(35)27-20(2)32-30-33(23(19-39-30)16-26(34)31-17-25-13-8-14-37-25)28(27)22-11-7-12-24(15-22)38-18-21-9-5-4-6-10-21/h4-15,19,28H,3,16-18H2,1-2H3,(H,31,34). The number of nitrogens with one attached hydrogen (secondary N) is 1. The van der Waals surface area contributed by atoms with Crippen molar-refractivity contribution in [3.63, 3.8) is 0 Å². The highest BCUT2D eigenvalue weighted by Gasteiger charge is 2.41. The maximum Gasteiger partial charge on any atom is 0.338 e. The molecule has 39 heavy (non-hydrogen) atoms. The predicted octanol–water partition coefficient (Wildman–Crippen LogP) is 5.70. The lowest BCUT2D eigenvalue weighted by molar-refractivity contribution is -0.139. The number of benzene rings is 2. The van der Waals surface area contributed by atoms with Gasteiger partial charge in [-0.1, -0.05) is 54.2 Å². The molecule has 0 fully saturated rings. The Hall–Kier alpha value is -4.24. The summed E-state index contributed by atoms with van der Waals surface area (Å²) in [6.45, 7) is 4.55. The Morgan fingerprint density at radius 2 is 1.95 bits per heavy atom. The number of rotatable bonds is 10. The highest BCUT2D eigenvalue weighted by Crippen LogP contribution is 2.45. The third-order valence-corrected chi connectivity index (χ3v) is 7.19. The van der Waals surface area contributed by atoms with Gasteiger partial charge in [0.2, 0.25) is 5.91 Å². The summed E-state index contributed by atoms with van der Waals surface area (Å²) in [6.07, 6.45) is 1.69. The van der Waals surface area contributed by atoms with Crippen LogP contribution in [0.3, 0.4) is 0 Å². The fourth-order valence-corrected chi connectivity index (χ4v) is 5.46. The van der Waals surface area contributed by atoms with Crippen LogP contribution in [0.15, 0.2) is 105 Å². The van der Waals surface area contributed by atoms with Gasteiger partial charge in [-0.3, -0.25) is 4.79 Å². The van der Waals surface area contributed by atoms with E-state index in [-0.39, 0.29) is 18.9 Å². The summed E-state index contributed by atoms with van der Waals surface area (Å²) in [6, 6.07) is 20.7. The van der Waals surface area contributed by atoms with Gasteiger partial charge in [0.05, 0.1) is 43.1 Å². The number of nitrogens with zero attached hydrogens (tertiary/aromatic N) is 2. The zero-order valence-electron chi connectivity index (χ0n) is 21.8. The van der Waals surface area contributed by atoms with Crippen LogP contribution in [-0.4, -0.2) is 28.6 Å².